The third-order valence-electron chi connectivity index (χ3n) is 2.97. The molecule has 0 aliphatic carbocycles. The molecule has 0 heterocycles. The van der Waals surface area contributed by atoms with Gasteiger partial charge in [-0.05, 0) is 26.7 Å². The fourth-order valence-electron chi connectivity index (χ4n) is 1.53. The Hall–Kier alpha value is -1.63. The normalized spacial score (nSPS) is 15.7. The van der Waals surface area contributed by atoms with E-state index >= 15 is 0 Å². The zero-order chi connectivity index (χ0) is 16.8. The van der Waals surface area contributed by atoms with E-state index in [-0.39, 0.29) is 5.92 Å². The van der Waals surface area contributed by atoms with E-state index in [2.05, 4.69) is 5.32 Å². The summed E-state index contributed by atoms with van der Waals surface area (Å²) in [6.07, 6.45) is 0.254. The summed E-state index contributed by atoms with van der Waals surface area (Å²) in [7, 11) is 0. The number of ether oxygens (including phenoxy) is 1. The van der Waals surface area contributed by atoms with Crippen molar-refractivity contribution >= 4 is 17.8 Å². The van der Waals surface area contributed by atoms with Gasteiger partial charge in [-0.1, -0.05) is 20.3 Å². The first-order chi connectivity index (χ1) is 9.47. The van der Waals surface area contributed by atoms with E-state index in [1.165, 1.54) is 0 Å². The molecule has 0 aromatic heterocycles. The van der Waals surface area contributed by atoms with Gasteiger partial charge in [-0.25, -0.2) is 4.79 Å². The minimum absolute atomic E-state index is 0.0824. The SMILES string of the molecule is CCC(C)C(N)C(=O)N[C@@H](CC(=O)OC(C)(C)C)C(=O)O. The Morgan fingerprint density at radius 2 is 1.81 bits per heavy atom. The van der Waals surface area contributed by atoms with Crippen LogP contribution in [-0.2, 0) is 19.1 Å². The largest absolute Gasteiger partial charge is 0.480 e. The third-order valence-corrected chi connectivity index (χ3v) is 2.97. The van der Waals surface area contributed by atoms with Crippen LogP contribution in [0, 0.1) is 5.92 Å². The first-order valence-corrected chi connectivity index (χ1v) is 6.98. The lowest BCUT2D eigenvalue weighted by Crippen LogP contribution is -2.51. The highest BCUT2D eigenvalue weighted by Crippen LogP contribution is 2.10. The monoisotopic (exact) mass is 302 g/mol. The number of carboxylic acids is 1. The summed E-state index contributed by atoms with van der Waals surface area (Å²) in [6, 6.07) is -2.15. The van der Waals surface area contributed by atoms with Crippen molar-refractivity contribution in [3.63, 3.8) is 0 Å². The summed E-state index contributed by atoms with van der Waals surface area (Å²) in [5.74, 6) is -2.65. The molecule has 0 fully saturated rings. The van der Waals surface area contributed by atoms with Gasteiger partial charge in [0, 0.05) is 0 Å². The second kappa shape index (κ2) is 7.97. The standard InChI is InChI=1S/C14H26N2O5/c1-6-8(2)11(15)12(18)16-9(13(19)20)7-10(17)21-14(3,4)5/h8-9,11H,6-7,15H2,1-5H3,(H,16,18)(H,19,20)/t8?,9-,11?/m0/s1. The first-order valence-electron chi connectivity index (χ1n) is 6.98. The second-order valence-electron chi connectivity index (χ2n) is 6.10. The maximum Gasteiger partial charge on any atom is 0.326 e. The summed E-state index contributed by atoms with van der Waals surface area (Å²) in [5.41, 5.74) is 5.02. The molecule has 1 amide bonds. The minimum atomic E-state index is -1.34. The first kappa shape index (κ1) is 19.4. The molecule has 7 heteroatoms. The van der Waals surface area contributed by atoms with Gasteiger partial charge in [0.2, 0.25) is 5.91 Å². The molecule has 0 radical (unpaired) electrons. The number of hydrogen-bond acceptors (Lipinski definition) is 5. The molecule has 122 valence electrons. The van der Waals surface area contributed by atoms with E-state index < -0.39 is 42.0 Å². The molecule has 2 unspecified atom stereocenters. The van der Waals surface area contributed by atoms with Gasteiger partial charge in [-0.2, -0.15) is 0 Å². The predicted octanol–water partition coefficient (Wildman–Crippen LogP) is 0.661. The number of esters is 1. The summed E-state index contributed by atoms with van der Waals surface area (Å²) in [4.78, 5) is 34.7. The lowest BCUT2D eigenvalue weighted by molar-refractivity contribution is -0.158. The highest BCUT2D eigenvalue weighted by molar-refractivity contribution is 5.89. The van der Waals surface area contributed by atoms with Gasteiger partial charge < -0.3 is 20.9 Å². The summed E-state index contributed by atoms with van der Waals surface area (Å²) < 4.78 is 5.04. The van der Waals surface area contributed by atoms with Gasteiger partial charge in [-0.3, -0.25) is 9.59 Å². The van der Waals surface area contributed by atoms with Crippen LogP contribution in [0.3, 0.4) is 0 Å². The summed E-state index contributed by atoms with van der Waals surface area (Å²) in [5, 5.41) is 11.4. The Labute approximate surface area is 125 Å². The lowest BCUT2D eigenvalue weighted by Gasteiger charge is -2.23. The van der Waals surface area contributed by atoms with Crippen LogP contribution in [-0.4, -0.2) is 40.6 Å². The third kappa shape index (κ3) is 7.65. The van der Waals surface area contributed by atoms with Crippen molar-refractivity contribution in [2.75, 3.05) is 0 Å². The van der Waals surface area contributed by atoms with Crippen LogP contribution in [0.2, 0.25) is 0 Å². The number of rotatable bonds is 7. The molecular formula is C14H26N2O5. The average Bonchev–Trinajstić information content (AvgIpc) is 2.33. The number of hydrogen-bond donors (Lipinski definition) is 3. The Morgan fingerprint density at radius 1 is 1.29 bits per heavy atom. The smallest absolute Gasteiger partial charge is 0.326 e. The van der Waals surface area contributed by atoms with Crippen LogP contribution < -0.4 is 11.1 Å². The van der Waals surface area contributed by atoms with Crippen molar-refractivity contribution in [2.45, 2.75) is 65.1 Å². The Bertz CT molecular complexity index is 389. The van der Waals surface area contributed by atoms with Gasteiger partial charge in [-0.15, -0.1) is 0 Å². The topological polar surface area (TPSA) is 119 Å². The lowest BCUT2D eigenvalue weighted by atomic mass is 9.99. The number of carbonyl (C=O) groups is 3. The number of nitrogens with one attached hydrogen (secondary N) is 1. The van der Waals surface area contributed by atoms with Gasteiger partial charge in [0.05, 0.1) is 12.5 Å². The molecule has 0 saturated carbocycles. The molecule has 0 saturated heterocycles. The molecule has 0 aliphatic heterocycles. The summed E-state index contributed by atoms with van der Waals surface area (Å²) in [6.45, 7) is 8.72. The number of amides is 1. The molecule has 0 bridgehead atoms. The van der Waals surface area contributed by atoms with Crippen LogP contribution in [0.15, 0.2) is 0 Å². The van der Waals surface area contributed by atoms with Crippen molar-refractivity contribution in [1.82, 2.24) is 5.32 Å². The van der Waals surface area contributed by atoms with Crippen molar-refractivity contribution in [1.29, 1.82) is 0 Å². The molecule has 21 heavy (non-hydrogen) atoms. The van der Waals surface area contributed by atoms with Gasteiger partial charge >= 0.3 is 11.9 Å². The predicted molar refractivity (Wildman–Crippen MR) is 77.5 cm³/mol. The van der Waals surface area contributed by atoms with Crippen molar-refractivity contribution < 1.29 is 24.2 Å². The number of nitrogens with two attached hydrogens (primary N) is 1. The Balaban J connectivity index is 4.68. The number of carboxylic acid groups (broad SMARTS) is 1. The molecular weight excluding hydrogens is 276 g/mol. The number of carbonyl (C=O) groups excluding carboxylic acids is 2. The van der Waals surface area contributed by atoms with E-state index in [9.17, 15) is 14.4 Å². The van der Waals surface area contributed by atoms with E-state index in [1.54, 1.807) is 27.7 Å². The van der Waals surface area contributed by atoms with E-state index in [0.29, 0.717) is 6.42 Å². The number of aliphatic carboxylic acids is 1. The van der Waals surface area contributed by atoms with Crippen LogP contribution in [0.25, 0.3) is 0 Å². The zero-order valence-corrected chi connectivity index (χ0v) is 13.3. The average molecular weight is 302 g/mol. The van der Waals surface area contributed by atoms with E-state index in [4.69, 9.17) is 15.6 Å². The highest BCUT2D eigenvalue weighted by atomic mass is 16.6. The molecule has 0 aromatic carbocycles. The van der Waals surface area contributed by atoms with E-state index in [1.807, 2.05) is 6.92 Å². The maximum atomic E-state index is 11.9. The second-order valence-corrected chi connectivity index (χ2v) is 6.10. The van der Waals surface area contributed by atoms with Gasteiger partial charge in [0.1, 0.15) is 11.6 Å². The maximum absolute atomic E-state index is 11.9. The molecule has 3 atom stereocenters. The minimum Gasteiger partial charge on any atom is -0.480 e. The molecule has 7 nitrogen and oxygen atoms in total. The highest BCUT2D eigenvalue weighted by Gasteiger charge is 2.29. The van der Waals surface area contributed by atoms with Crippen molar-refractivity contribution in [3.05, 3.63) is 0 Å². The van der Waals surface area contributed by atoms with Crippen LogP contribution in [0.1, 0.15) is 47.5 Å². The van der Waals surface area contributed by atoms with Crippen molar-refractivity contribution in [3.8, 4) is 0 Å². The molecule has 4 N–H and O–H groups in total. The Kier molecular flexibility index (Phi) is 7.35. The molecule has 0 aromatic rings. The van der Waals surface area contributed by atoms with Crippen molar-refractivity contribution in [2.24, 2.45) is 11.7 Å². The van der Waals surface area contributed by atoms with Crippen LogP contribution >= 0.6 is 0 Å². The van der Waals surface area contributed by atoms with Gasteiger partial charge in [0.15, 0.2) is 0 Å². The summed E-state index contributed by atoms with van der Waals surface area (Å²) >= 11 is 0. The quantitative estimate of drug-likeness (QED) is 0.594. The van der Waals surface area contributed by atoms with Crippen LogP contribution in [0.4, 0.5) is 0 Å². The van der Waals surface area contributed by atoms with Gasteiger partial charge in [0.25, 0.3) is 0 Å². The molecule has 0 rings (SSSR count). The Morgan fingerprint density at radius 3 is 2.19 bits per heavy atom. The zero-order valence-electron chi connectivity index (χ0n) is 13.3. The molecule has 0 aliphatic rings. The fraction of sp³-hybridized carbons (Fsp3) is 0.786. The molecule has 0 spiro atoms. The fourth-order valence-corrected chi connectivity index (χ4v) is 1.53. The van der Waals surface area contributed by atoms with Crippen LogP contribution in [0.5, 0.6) is 0 Å². The van der Waals surface area contributed by atoms with E-state index in [0.717, 1.165) is 0 Å².